The summed E-state index contributed by atoms with van der Waals surface area (Å²) in [5.41, 5.74) is 0.648. The van der Waals surface area contributed by atoms with E-state index in [0.717, 1.165) is 25.8 Å². The number of hydrogen-bond donors (Lipinski definition) is 0. The second-order valence-electron chi connectivity index (χ2n) is 5.80. The zero-order valence-corrected chi connectivity index (χ0v) is 13.4. The highest BCUT2D eigenvalue weighted by Gasteiger charge is 2.25. The average molecular weight is 318 g/mol. The van der Waals surface area contributed by atoms with Crippen LogP contribution < -0.4 is 0 Å². The lowest BCUT2D eigenvalue weighted by molar-refractivity contribution is -0.140. The van der Waals surface area contributed by atoms with Crippen molar-refractivity contribution in [2.75, 3.05) is 13.2 Å². The Balaban J connectivity index is 1.48. The zero-order valence-electron chi connectivity index (χ0n) is 13.4. The summed E-state index contributed by atoms with van der Waals surface area (Å²) in [6.45, 7) is 3.30. The van der Waals surface area contributed by atoms with Crippen molar-refractivity contribution in [3.8, 4) is 11.5 Å². The molecule has 3 rings (SSSR count). The van der Waals surface area contributed by atoms with E-state index in [1.165, 1.54) is 6.42 Å². The van der Waals surface area contributed by atoms with Gasteiger partial charge < -0.3 is 18.6 Å². The van der Waals surface area contributed by atoms with E-state index < -0.39 is 0 Å². The first kappa shape index (κ1) is 15.8. The second kappa shape index (κ2) is 7.46. The van der Waals surface area contributed by atoms with Crippen molar-refractivity contribution < 1.29 is 18.5 Å². The first-order valence-corrected chi connectivity index (χ1v) is 8.14. The molecule has 0 unspecified atom stereocenters. The molecule has 0 N–H and O–H groups in total. The van der Waals surface area contributed by atoms with Crippen LogP contribution in [0.5, 0.6) is 0 Å². The highest BCUT2D eigenvalue weighted by atomic mass is 16.5. The van der Waals surface area contributed by atoms with Gasteiger partial charge in [-0.15, -0.1) is 0 Å². The van der Waals surface area contributed by atoms with Gasteiger partial charge in [0.05, 0.1) is 12.9 Å². The predicted molar refractivity (Wildman–Crippen MR) is 83.5 cm³/mol. The Morgan fingerprint density at radius 1 is 1.43 bits per heavy atom. The molecular formula is C17H22N2O4. The summed E-state index contributed by atoms with van der Waals surface area (Å²) in [5, 5.41) is 3.93. The molecule has 0 aromatic carbocycles. The minimum absolute atomic E-state index is 0.0614. The van der Waals surface area contributed by atoms with Gasteiger partial charge in [0.15, 0.2) is 5.76 Å². The van der Waals surface area contributed by atoms with Crippen LogP contribution in [0.2, 0.25) is 0 Å². The molecule has 3 heterocycles. The number of piperidine rings is 1. The molecule has 1 amide bonds. The van der Waals surface area contributed by atoms with E-state index in [2.05, 4.69) is 12.1 Å². The van der Waals surface area contributed by atoms with Crippen LogP contribution in [-0.2, 0) is 16.1 Å². The molecule has 2 aromatic heterocycles. The van der Waals surface area contributed by atoms with Gasteiger partial charge in [0.25, 0.3) is 0 Å². The Kier molecular flexibility index (Phi) is 5.12. The summed E-state index contributed by atoms with van der Waals surface area (Å²) in [7, 11) is 0. The van der Waals surface area contributed by atoms with Crippen molar-refractivity contribution in [2.45, 2.75) is 45.3 Å². The molecule has 124 valence electrons. The van der Waals surface area contributed by atoms with Gasteiger partial charge in [0, 0.05) is 18.7 Å². The number of hydrogen-bond acceptors (Lipinski definition) is 5. The molecule has 1 aliphatic heterocycles. The standard InChI is InChI=1S/C17H22N2O4/c1-2-14-6-3-4-8-19(14)17(20)12-21-11-13-10-16(23-18-13)15-7-5-9-22-15/h5,7,9-10,14H,2-4,6,8,11-12H2,1H3/t14-/m0/s1. The largest absolute Gasteiger partial charge is 0.461 e. The van der Waals surface area contributed by atoms with Crippen molar-refractivity contribution in [3.63, 3.8) is 0 Å². The number of amides is 1. The maximum absolute atomic E-state index is 12.3. The molecule has 1 saturated heterocycles. The fourth-order valence-electron chi connectivity index (χ4n) is 2.99. The molecule has 6 heteroatoms. The number of furan rings is 1. The SMILES string of the molecule is CC[C@H]1CCCCN1C(=O)COCc1cc(-c2ccco2)on1. The van der Waals surface area contributed by atoms with E-state index in [-0.39, 0.29) is 19.1 Å². The molecule has 1 atom stereocenters. The predicted octanol–water partition coefficient (Wildman–Crippen LogP) is 3.24. The lowest BCUT2D eigenvalue weighted by atomic mass is 10.00. The Morgan fingerprint density at radius 2 is 2.35 bits per heavy atom. The number of nitrogens with zero attached hydrogens (tertiary/aromatic N) is 2. The van der Waals surface area contributed by atoms with Crippen molar-refractivity contribution in [1.29, 1.82) is 0 Å². The molecule has 6 nitrogen and oxygen atoms in total. The highest BCUT2D eigenvalue weighted by Crippen LogP contribution is 2.21. The van der Waals surface area contributed by atoms with Crippen LogP contribution in [-0.4, -0.2) is 35.2 Å². The third-order valence-corrected chi connectivity index (χ3v) is 4.22. The molecule has 1 aliphatic rings. The second-order valence-corrected chi connectivity index (χ2v) is 5.80. The third kappa shape index (κ3) is 3.82. The molecule has 0 spiro atoms. The molecular weight excluding hydrogens is 296 g/mol. The van der Waals surface area contributed by atoms with E-state index in [1.54, 1.807) is 24.5 Å². The summed E-state index contributed by atoms with van der Waals surface area (Å²) in [6.07, 6.45) is 5.96. The molecule has 0 radical (unpaired) electrons. The van der Waals surface area contributed by atoms with Crippen molar-refractivity contribution in [2.24, 2.45) is 0 Å². The number of ether oxygens (including phenoxy) is 1. The van der Waals surface area contributed by atoms with Crippen LogP contribution in [0.25, 0.3) is 11.5 Å². The quantitative estimate of drug-likeness (QED) is 0.818. The van der Waals surface area contributed by atoms with Gasteiger partial charge in [-0.05, 0) is 37.8 Å². The topological polar surface area (TPSA) is 68.7 Å². The maximum Gasteiger partial charge on any atom is 0.248 e. The molecule has 0 saturated carbocycles. The number of aromatic nitrogens is 1. The van der Waals surface area contributed by atoms with Crippen LogP contribution >= 0.6 is 0 Å². The Hall–Kier alpha value is -2.08. The molecule has 0 bridgehead atoms. The summed E-state index contributed by atoms with van der Waals surface area (Å²) >= 11 is 0. The first-order valence-electron chi connectivity index (χ1n) is 8.14. The van der Waals surface area contributed by atoms with Gasteiger partial charge >= 0.3 is 0 Å². The van der Waals surface area contributed by atoms with Crippen LogP contribution in [0.1, 0.15) is 38.3 Å². The van der Waals surface area contributed by atoms with Crippen molar-refractivity contribution >= 4 is 5.91 Å². The maximum atomic E-state index is 12.3. The smallest absolute Gasteiger partial charge is 0.248 e. The van der Waals surface area contributed by atoms with E-state index in [4.69, 9.17) is 13.7 Å². The average Bonchev–Trinajstić information content (AvgIpc) is 3.26. The Labute approximate surface area is 135 Å². The molecule has 2 aromatic rings. The van der Waals surface area contributed by atoms with Gasteiger partial charge in [0.2, 0.25) is 11.7 Å². The number of carbonyl (C=O) groups is 1. The first-order chi connectivity index (χ1) is 11.3. The number of carbonyl (C=O) groups excluding carboxylic acids is 1. The zero-order chi connectivity index (χ0) is 16.1. The van der Waals surface area contributed by atoms with Crippen LogP contribution in [0.15, 0.2) is 33.4 Å². The summed E-state index contributed by atoms with van der Waals surface area (Å²) < 4.78 is 16.0. The fourth-order valence-corrected chi connectivity index (χ4v) is 2.99. The molecule has 1 fully saturated rings. The summed E-state index contributed by atoms with van der Waals surface area (Å²) in [4.78, 5) is 14.3. The minimum atomic E-state index is 0.0614. The number of likely N-dealkylation sites (tertiary alicyclic amines) is 1. The minimum Gasteiger partial charge on any atom is -0.461 e. The van der Waals surface area contributed by atoms with E-state index in [0.29, 0.717) is 23.3 Å². The van der Waals surface area contributed by atoms with Gasteiger partial charge in [-0.25, -0.2) is 0 Å². The number of rotatable bonds is 6. The normalized spacial score (nSPS) is 18.3. The van der Waals surface area contributed by atoms with Crippen LogP contribution in [0.3, 0.4) is 0 Å². The summed E-state index contributed by atoms with van der Waals surface area (Å²) in [6, 6.07) is 5.71. The van der Waals surface area contributed by atoms with Crippen molar-refractivity contribution in [3.05, 3.63) is 30.2 Å². The monoisotopic (exact) mass is 318 g/mol. The van der Waals surface area contributed by atoms with Crippen LogP contribution in [0.4, 0.5) is 0 Å². The lowest BCUT2D eigenvalue weighted by Gasteiger charge is -2.35. The van der Waals surface area contributed by atoms with E-state index in [1.807, 2.05) is 4.90 Å². The highest BCUT2D eigenvalue weighted by molar-refractivity contribution is 5.77. The van der Waals surface area contributed by atoms with Gasteiger partial charge in [-0.1, -0.05) is 12.1 Å². The fraction of sp³-hybridized carbons (Fsp3) is 0.529. The molecule has 23 heavy (non-hydrogen) atoms. The molecule has 0 aliphatic carbocycles. The van der Waals surface area contributed by atoms with Gasteiger partial charge in [-0.3, -0.25) is 4.79 Å². The van der Waals surface area contributed by atoms with Crippen molar-refractivity contribution in [1.82, 2.24) is 10.1 Å². The van der Waals surface area contributed by atoms with Gasteiger partial charge in [-0.2, -0.15) is 0 Å². The Bertz CT molecular complexity index is 620. The Morgan fingerprint density at radius 3 is 3.13 bits per heavy atom. The lowest BCUT2D eigenvalue weighted by Crippen LogP contribution is -2.45. The van der Waals surface area contributed by atoms with Gasteiger partial charge in [0.1, 0.15) is 12.3 Å². The van der Waals surface area contributed by atoms with E-state index >= 15 is 0 Å². The third-order valence-electron chi connectivity index (χ3n) is 4.22. The van der Waals surface area contributed by atoms with Crippen LogP contribution in [0, 0.1) is 0 Å². The van der Waals surface area contributed by atoms with E-state index in [9.17, 15) is 4.79 Å². The summed E-state index contributed by atoms with van der Waals surface area (Å²) in [5.74, 6) is 1.24.